The van der Waals surface area contributed by atoms with E-state index in [1.165, 1.54) is 0 Å². The zero-order chi connectivity index (χ0) is 24.2. The van der Waals surface area contributed by atoms with Gasteiger partial charge in [-0.1, -0.05) is 41.5 Å². The molecule has 2 N–H and O–H groups in total. The third kappa shape index (κ3) is 5.16. The third-order valence-corrected chi connectivity index (χ3v) is 34.8. The zero-order valence-electron chi connectivity index (χ0n) is 19.6. The molecule has 0 aromatic carbocycles. The maximum atomic E-state index is 11.6. The minimum absolute atomic E-state index is 0.249. The van der Waals surface area contributed by atoms with Crippen LogP contribution in [0.4, 0.5) is 0 Å². The summed E-state index contributed by atoms with van der Waals surface area (Å²) in [6, 6.07) is 1.91. The first-order valence-corrected chi connectivity index (χ1v) is 25.4. The molecule has 0 amide bonds. The average molecular weight is 609 g/mol. The topological polar surface area (TPSA) is 142 Å². The predicted molar refractivity (Wildman–Crippen MR) is 125 cm³/mol. The second-order valence-corrected chi connectivity index (χ2v) is 30.0. The van der Waals surface area contributed by atoms with Gasteiger partial charge in [0.2, 0.25) is 0 Å². The van der Waals surface area contributed by atoms with Gasteiger partial charge in [-0.3, -0.25) is 0 Å². The molecule has 6 unspecified atom stereocenters. The Morgan fingerprint density at radius 3 is 1.06 bits per heavy atom. The van der Waals surface area contributed by atoms with E-state index in [1.807, 2.05) is 41.5 Å². The zero-order valence-corrected chi connectivity index (χ0v) is 27.6. The van der Waals surface area contributed by atoms with E-state index in [-0.39, 0.29) is 24.2 Å². The number of rotatable bonds is 6. The molecule has 4 saturated heterocycles. The molecule has 0 saturated carbocycles. The van der Waals surface area contributed by atoms with Gasteiger partial charge in [0.1, 0.15) is 0 Å². The lowest BCUT2D eigenvalue weighted by Gasteiger charge is -2.55. The summed E-state index contributed by atoms with van der Waals surface area (Å²) in [6.45, 7) is 11.0. The molecule has 0 spiro atoms. The van der Waals surface area contributed by atoms with E-state index >= 15 is 0 Å². The Bertz CT molecular complexity index is 679. The van der Waals surface area contributed by atoms with Gasteiger partial charge in [-0.25, -0.2) is 0 Å². The lowest BCUT2D eigenvalue weighted by molar-refractivity contribution is -0.0247. The second kappa shape index (κ2) is 9.51. The molecule has 0 aliphatic carbocycles. The van der Waals surface area contributed by atoms with Crippen molar-refractivity contribution in [3.63, 3.8) is 0 Å². The van der Waals surface area contributed by atoms with Gasteiger partial charge in [0, 0.05) is 24.2 Å². The maximum Gasteiger partial charge on any atom is 0.652 e. The summed E-state index contributed by atoms with van der Waals surface area (Å²) in [6.07, 6.45) is 0. The summed E-state index contributed by atoms with van der Waals surface area (Å²) >= 11 is 0. The van der Waals surface area contributed by atoms with Crippen molar-refractivity contribution in [2.24, 2.45) is 0 Å². The fourth-order valence-corrected chi connectivity index (χ4v) is 40.8. The van der Waals surface area contributed by atoms with Crippen LogP contribution in [0.2, 0.25) is 36.3 Å². The molecule has 4 heterocycles. The number of fused-ring (bicyclic) bond motifs is 4. The summed E-state index contributed by atoms with van der Waals surface area (Å²) in [7, 11) is -28.2. The van der Waals surface area contributed by atoms with Crippen molar-refractivity contribution in [3.05, 3.63) is 0 Å². The van der Waals surface area contributed by atoms with Crippen molar-refractivity contribution in [3.8, 4) is 0 Å². The van der Waals surface area contributed by atoms with Crippen LogP contribution in [0.1, 0.15) is 41.5 Å². The molecule has 6 bridgehead atoms. The highest BCUT2D eigenvalue weighted by Gasteiger charge is 2.77. The van der Waals surface area contributed by atoms with Crippen LogP contribution in [0.25, 0.3) is 0 Å². The van der Waals surface area contributed by atoms with Crippen molar-refractivity contribution in [1.82, 2.24) is 0 Å². The molecule has 4 aliphatic rings. The maximum absolute atomic E-state index is 11.6. The van der Waals surface area contributed by atoms with Crippen LogP contribution < -0.4 is 0 Å². The van der Waals surface area contributed by atoms with Gasteiger partial charge in [-0.05, 0) is 12.1 Å². The Balaban J connectivity index is 1.97. The van der Waals surface area contributed by atoms with Gasteiger partial charge < -0.3 is 54.9 Å². The molecular formula is C12H32O13Si8. The van der Waals surface area contributed by atoms with Gasteiger partial charge in [0.15, 0.2) is 0 Å². The van der Waals surface area contributed by atoms with Crippen molar-refractivity contribution in [2.45, 2.75) is 77.8 Å². The highest BCUT2D eigenvalue weighted by molar-refractivity contribution is 6.97. The Morgan fingerprint density at radius 2 is 0.758 bits per heavy atom. The summed E-state index contributed by atoms with van der Waals surface area (Å²) in [5, 5.41) is 0. The lowest BCUT2D eigenvalue weighted by Crippen LogP contribution is -2.82. The van der Waals surface area contributed by atoms with Crippen molar-refractivity contribution >= 4 is 71.9 Å². The molecule has 33 heavy (non-hydrogen) atoms. The van der Waals surface area contributed by atoms with E-state index in [1.54, 1.807) is 0 Å². The summed E-state index contributed by atoms with van der Waals surface area (Å²) in [5.74, 6) is 0. The highest BCUT2D eigenvalue weighted by atomic mass is 28.6. The van der Waals surface area contributed by atoms with Crippen LogP contribution >= 0.6 is 0 Å². The molecule has 4 rings (SSSR count). The number of hydrogen-bond donors (Lipinski definition) is 2. The Hall–Kier alpha value is 1.22. The normalized spacial score (nSPS) is 49.1. The summed E-state index contributed by atoms with van der Waals surface area (Å²) in [4.78, 5) is 23.3. The fourth-order valence-electron chi connectivity index (χ4n) is 3.70. The monoisotopic (exact) mass is 608 g/mol. The van der Waals surface area contributed by atoms with E-state index in [2.05, 4.69) is 0 Å². The first-order valence-electron chi connectivity index (χ1n) is 11.3. The molecule has 0 aromatic rings. The highest BCUT2D eigenvalue weighted by Crippen LogP contribution is 2.45. The quantitative estimate of drug-likeness (QED) is 0.413. The van der Waals surface area contributed by atoms with Gasteiger partial charge in [0.05, 0.1) is 0 Å². The minimum atomic E-state index is -4.42. The van der Waals surface area contributed by atoms with E-state index in [4.69, 9.17) is 45.3 Å². The molecule has 6 atom stereocenters. The molecule has 190 valence electrons. The molecule has 4 fully saturated rings. The lowest BCUT2D eigenvalue weighted by atomic mass is 11.0. The van der Waals surface area contributed by atoms with Crippen LogP contribution in [-0.4, -0.2) is 81.5 Å². The van der Waals surface area contributed by atoms with Gasteiger partial charge in [-0.15, -0.1) is 0 Å². The molecule has 4 aliphatic heterocycles. The third-order valence-electron chi connectivity index (χ3n) is 5.40. The Kier molecular flexibility index (Phi) is 7.85. The van der Waals surface area contributed by atoms with Crippen LogP contribution in [0, 0.1) is 0 Å². The number of hydrogen-bond acceptors (Lipinski definition) is 13. The first kappa shape index (κ1) is 27.3. The van der Waals surface area contributed by atoms with Crippen LogP contribution in [-0.2, 0) is 45.3 Å². The molecule has 0 aromatic heterocycles. The van der Waals surface area contributed by atoms with Crippen LogP contribution in [0.15, 0.2) is 0 Å². The SMILES string of the molecule is CC[Si]1O[Si]2(O)O[Si]3(CC)O[Si](CC)O[Si]4(O)O[Si](CC)(O1)O[Si](CC)(O2)O[Si](CC)(O4)O3. The molecule has 13 nitrogen and oxygen atoms in total. The van der Waals surface area contributed by atoms with Gasteiger partial charge >= 0.3 is 71.9 Å². The van der Waals surface area contributed by atoms with E-state index < -0.39 is 71.9 Å². The van der Waals surface area contributed by atoms with Crippen LogP contribution in [0.5, 0.6) is 0 Å². The van der Waals surface area contributed by atoms with E-state index in [0.717, 1.165) is 0 Å². The second-order valence-electron chi connectivity index (χ2n) is 7.77. The van der Waals surface area contributed by atoms with E-state index in [9.17, 15) is 9.59 Å². The largest absolute Gasteiger partial charge is 0.652 e. The summed E-state index contributed by atoms with van der Waals surface area (Å²) < 4.78 is 69.6. The minimum Gasteiger partial charge on any atom is -0.393 e. The fraction of sp³-hybridized carbons (Fsp3) is 1.00. The van der Waals surface area contributed by atoms with Gasteiger partial charge in [0.25, 0.3) is 0 Å². The van der Waals surface area contributed by atoms with Crippen molar-refractivity contribution in [1.29, 1.82) is 0 Å². The summed E-state index contributed by atoms with van der Waals surface area (Å²) in [5.41, 5.74) is 0. The van der Waals surface area contributed by atoms with Gasteiger partial charge in [-0.2, -0.15) is 0 Å². The predicted octanol–water partition coefficient (Wildman–Crippen LogP) is 0.931. The standard InChI is InChI=1S/C12H32O13Si8/c1-7-26-15-28(9-3)19-30(11-5)21-31(12-6)20-29(10-4,23-32(13,17-26)24-30)16-27(8-2)18-33(14,22-28)25-31/h13-14H,7-12H2,1-6H3. The average Bonchev–Trinajstić information content (AvgIpc) is 2.73. The first-order chi connectivity index (χ1) is 15.5. The van der Waals surface area contributed by atoms with E-state index in [0.29, 0.717) is 12.1 Å². The molecular weight excluding hydrogens is 577 g/mol. The Morgan fingerprint density at radius 1 is 0.455 bits per heavy atom. The molecule has 21 heteroatoms. The Labute approximate surface area is 204 Å². The smallest absolute Gasteiger partial charge is 0.393 e. The van der Waals surface area contributed by atoms with Crippen molar-refractivity contribution < 1.29 is 54.9 Å². The van der Waals surface area contributed by atoms with Crippen LogP contribution in [0.3, 0.4) is 0 Å². The molecule has 2 radical (unpaired) electrons. The van der Waals surface area contributed by atoms with Crippen molar-refractivity contribution in [2.75, 3.05) is 0 Å².